The molecule has 4 aliphatic rings. The van der Waals surface area contributed by atoms with Crippen LogP contribution in [-0.4, -0.2) is 115 Å². The Balaban J connectivity index is 1.06. The molecule has 44 heavy (non-hydrogen) atoms. The van der Waals surface area contributed by atoms with Gasteiger partial charge in [0.25, 0.3) is 5.91 Å². The Labute approximate surface area is 260 Å². The Morgan fingerprint density at radius 3 is 2.32 bits per heavy atom. The van der Waals surface area contributed by atoms with E-state index in [1.54, 1.807) is 4.90 Å². The second-order valence-electron chi connectivity index (χ2n) is 12.7. The first-order valence-corrected chi connectivity index (χ1v) is 16.3. The van der Waals surface area contributed by atoms with Gasteiger partial charge >= 0.3 is 12.1 Å². The molecular formula is C34H46N6O4. The molecule has 0 aromatic heterocycles. The summed E-state index contributed by atoms with van der Waals surface area (Å²) in [5.41, 5.74) is 4.11. The molecule has 4 aliphatic heterocycles. The minimum absolute atomic E-state index is 0.0510. The standard InChI is InChI=1S/C34H46N6O4/c1-25-5-4-6-26(23-25)24-31(32(41)38-16-10-28(11-17-38)37-21-14-35-15-22-37)44-34(43)39-18-12-29(13-19-39)40-20-9-27-7-2-3-8-30(27)36-33(40)42/h2-8,23,28-29,31,35H,9-22,24H2,1H3,(H,36,42). The van der Waals surface area contributed by atoms with Crippen molar-refractivity contribution in [3.63, 3.8) is 0 Å². The van der Waals surface area contributed by atoms with Gasteiger partial charge in [-0.1, -0.05) is 48.0 Å². The normalized spacial score (nSPS) is 21.3. The fourth-order valence-electron chi connectivity index (χ4n) is 7.23. The molecule has 1 unspecified atom stereocenters. The average Bonchev–Trinajstić information content (AvgIpc) is 3.22. The molecular weight excluding hydrogens is 556 g/mol. The number of urea groups is 1. The maximum atomic E-state index is 13.9. The fraction of sp³-hybridized carbons (Fsp3) is 0.559. The molecule has 3 saturated heterocycles. The van der Waals surface area contributed by atoms with Crippen LogP contribution in [0.15, 0.2) is 48.5 Å². The summed E-state index contributed by atoms with van der Waals surface area (Å²) in [5.74, 6) is -0.102. The molecule has 0 bridgehead atoms. The van der Waals surface area contributed by atoms with E-state index in [2.05, 4.69) is 27.7 Å². The van der Waals surface area contributed by atoms with Gasteiger partial charge in [-0.05, 0) is 56.2 Å². The third-order valence-electron chi connectivity index (χ3n) is 9.77. The van der Waals surface area contributed by atoms with E-state index in [9.17, 15) is 14.4 Å². The summed E-state index contributed by atoms with van der Waals surface area (Å²) >= 11 is 0. The van der Waals surface area contributed by atoms with Gasteiger partial charge in [0.05, 0.1) is 0 Å². The van der Waals surface area contributed by atoms with Crippen molar-refractivity contribution in [1.82, 2.24) is 24.9 Å². The lowest BCUT2D eigenvalue weighted by atomic mass is 10.00. The number of hydrogen-bond acceptors (Lipinski definition) is 6. The van der Waals surface area contributed by atoms with E-state index < -0.39 is 12.2 Å². The molecule has 0 aliphatic carbocycles. The number of para-hydroxylation sites is 1. The third kappa shape index (κ3) is 7.18. The number of nitrogens with zero attached hydrogens (tertiary/aromatic N) is 4. The topological polar surface area (TPSA) is 97.5 Å². The van der Waals surface area contributed by atoms with Crippen LogP contribution in [0.25, 0.3) is 0 Å². The van der Waals surface area contributed by atoms with Gasteiger partial charge in [0, 0.05) is 83.1 Å². The van der Waals surface area contributed by atoms with Gasteiger partial charge in [-0.3, -0.25) is 9.69 Å². The summed E-state index contributed by atoms with van der Waals surface area (Å²) < 4.78 is 6.04. The Bertz CT molecular complexity index is 1310. The molecule has 10 nitrogen and oxygen atoms in total. The number of amides is 4. The molecule has 0 radical (unpaired) electrons. The summed E-state index contributed by atoms with van der Waals surface area (Å²) in [4.78, 5) is 48.4. The average molecular weight is 603 g/mol. The molecule has 0 spiro atoms. The molecule has 3 fully saturated rings. The number of carbonyl (C=O) groups is 3. The number of carbonyl (C=O) groups excluding carboxylic acids is 3. The zero-order chi connectivity index (χ0) is 30.5. The number of fused-ring (bicyclic) bond motifs is 1. The molecule has 2 N–H and O–H groups in total. The number of benzene rings is 2. The van der Waals surface area contributed by atoms with E-state index >= 15 is 0 Å². The maximum Gasteiger partial charge on any atom is 0.410 e. The quantitative estimate of drug-likeness (QED) is 0.526. The minimum atomic E-state index is -0.868. The van der Waals surface area contributed by atoms with E-state index in [-0.39, 0.29) is 18.0 Å². The summed E-state index contributed by atoms with van der Waals surface area (Å²) in [6, 6.07) is 16.5. The van der Waals surface area contributed by atoms with Crippen LogP contribution in [-0.2, 0) is 22.4 Å². The van der Waals surface area contributed by atoms with Crippen molar-refractivity contribution >= 4 is 23.7 Å². The number of piperazine rings is 1. The van der Waals surface area contributed by atoms with Crippen molar-refractivity contribution in [3.05, 3.63) is 65.2 Å². The Kier molecular flexibility index (Phi) is 9.66. The van der Waals surface area contributed by atoms with Gasteiger partial charge in [0.1, 0.15) is 0 Å². The van der Waals surface area contributed by atoms with Crippen molar-refractivity contribution < 1.29 is 19.1 Å². The molecule has 6 rings (SSSR count). The summed E-state index contributed by atoms with van der Waals surface area (Å²) in [7, 11) is 0. The number of ether oxygens (including phenoxy) is 1. The van der Waals surface area contributed by atoms with Crippen LogP contribution in [0.1, 0.15) is 42.4 Å². The third-order valence-corrected chi connectivity index (χ3v) is 9.77. The Hall–Kier alpha value is -3.63. The van der Waals surface area contributed by atoms with Gasteiger partial charge in [0.15, 0.2) is 6.10 Å². The summed E-state index contributed by atoms with van der Waals surface area (Å²) in [6.07, 6.45) is 3.08. The molecule has 236 valence electrons. The van der Waals surface area contributed by atoms with Gasteiger partial charge < -0.3 is 30.1 Å². The van der Waals surface area contributed by atoms with E-state index in [1.807, 2.05) is 53.1 Å². The molecule has 1 atom stereocenters. The number of nitrogens with one attached hydrogen (secondary N) is 2. The number of hydrogen-bond donors (Lipinski definition) is 2. The van der Waals surface area contributed by atoms with Gasteiger partial charge in [0.2, 0.25) is 0 Å². The Morgan fingerprint density at radius 2 is 1.57 bits per heavy atom. The first-order valence-electron chi connectivity index (χ1n) is 16.3. The highest BCUT2D eigenvalue weighted by Gasteiger charge is 2.36. The predicted octanol–water partition coefficient (Wildman–Crippen LogP) is 3.49. The van der Waals surface area contributed by atoms with Crippen molar-refractivity contribution in [2.75, 3.05) is 64.2 Å². The van der Waals surface area contributed by atoms with Crippen molar-refractivity contribution in [2.45, 2.75) is 63.6 Å². The highest BCUT2D eigenvalue weighted by Crippen LogP contribution is 2.26. The van der Waals surface area contributed by atoms with Gasteiger partial charge in [-0.2, -0.15) is 0 Å². The highest BCUT2D eigenvalue weighted by atomic mass is 16.6. The molecule has 2 aromatic rings. The van der Waals surface area contributed by atoms with Crippen LogP contribution >= 0.6 is 0 Å². The second-order valence-corrected chi connectivity index (χ2v) is 12.7. The van der Waals surface area contributed by atoms with Crippen molar-refractivity contribution in [1.29, 1.82) is 0 Å². The first-order chi connectivity index (χ1) is 21.4. The molecule has 4 amide bonds. The van der Waals surface area contributed by atoms with Gasteiger partial charge in [-0.25, -0.2) is 9.59 Å². The monoisotopic (exact) mass is 602 g/mol. The van der Waals surface area contributed by atoms with Crippen molar-refractivity contribution in [2.24, 2.45) is 0 Å². The van der Waals surface area contributed by atoms with Crippen LogP contribution in [0, 0.1) is 6.92 Å². The van der Waals surface area contributed by atoms with Crippen molar-refractivity contribution in [3.8, 4) is 0 Å². The lowest BCUT2D eigenvalue weighted by Crippen LogP contribution is -2.54. The summed E-state index contributed by atoms with van der Waals surface area (Å²) in [6.45, 7) is 9.16. The lowest BCUT2D eigenvalue weighted by molar-refractivity contribution is -0.142. The molecule has 0 saturated carbocycles. The fourth-order valence-corrected chi connectivity index (χ4v) is 7.23. The second kappa shape index (κ2) is 14.0. The number of piperidine rings is 2. The van der Waals surface area contributed by atoms with E-state index in [4.69, 9.17) is 4.74 Å². The van der Waals surface area contributed by atoms with Crippen LogP contribution in [0.4, 0.5) is 15.3 Å². The van der Waals surface area contributed by atoms with Crippen LogP contribution in [0.5, 0.6) is 0 Å². The molecule has 4 heterocycles. The van der Waals surface area contributed by atoms with Crippen LogP contribution in [0.3, 0.4) is 0 Å². The van der Waals surface area contributed by atoms with E-state index in [0.717, 1.165) is 67.8 Å². The van der Waals surface area contributed by atoms with Crippen LogP contribution in [0.2, 0.25) is 0 Å². The number of likely N-dealkylation sites (tertiary alicyclic amines) is 2. The summed E-state index contributed by atoms with van der Waals surface area (Å²) in [5, 5.41) is 6.47. The smallest absolute Gasteiger partial charge is 0.410 e. The van der Waals surface area contributed by atoms with E-state index in [1.165, 1.54) is 0 Å². The molecule has 2 aromatic carbocycles. The lowest BCUT2D eigenvalue weighted by Gasteiger charge is -2.41. The van der Waals surface area contributed by atoms with Crippen LogP contribution < -0.4 is 10.6 Å². The largest absolute Gasteiger partial charge is 0.436 e. The minimum Gasteiger partial charge on any atom is -0.436 e. The highest BCUT2D eigenvalue weighted by molar-refractivity contribution is 5.91. The van der Waals surface area contributed by atoms with E-state index in [0.29, 0.717) is 58.0 Å². The maximum absolute atomic E-state index is 13.9. The zero-order valence-electron chi connectivity index (χ0n) is 25.9. The SMILES string of the molecule is Cc1cccc(CC(OC(=O)N2CCC(N3CCc4ccccc4NC3=O)CC2)C(=O)N2CCC(N3CCNCC3)CC2)c1. The number of anilines is 1. The zero-order valence-corrected chi connectivity index (χ0v) is 25.9. The molecule has 10 heteroatoms. The number of rotatable bonds is 6. The predicted molar refractivity (Wildman–Crippen MR) is 170 cm³/mol. The first kappa shape index (κ1) is 30.4. The number of aryl methyl sites for hydroxylation is 1. The Morgan fingerprint density at radius 1 is 0.864 bits per heavy atom. The van der Waals surface area contributed by atoms with Gasteiger partial charge in [-0.15, -0.1) is 0 Å².